The lowest BCUT2D eigenvalue weighted by Crippen LogP contribution is -1.97. The molecule has 0 bridgehead atoms. The molecular weight excluding hydrogens is 232 g/mol. The number of halogens is 1. The van der Waals surface area contributed by atoms with Crippen LogP contribution in [-0.4, -0.2) is 5.78 Å². The predicted octanol–water partition coefficient (Wildman–Crippen LogP) is 3.81. The number of rotatable bonds is 5. The summed E-state index contributed by atoms with van der Waals surface area (Å²) in [5, 5.41) is 0. The lowest BCUT2D eigenvalue weighted by molar-refractivity contribution is 0.0977. The number of carbonyl (C=O) groups is 1. The number of carbonyl (C=O) groups excluding carboxylic acids is 1. The van der Waals surface area contributed by atoms with E-state index in [9.17, 15) is 4.79 Å². The zero-order valence-corrected chi connectivity index (χ0v) is 9.26. The molecule has 0 aromatic carbocycles. The summed E-state index contributed by atoms with van der Waals surface area (Å²) in [5.41, 5.74) is 0.663. The molecule has 0 atom stereocenters. The van der Waals surface area contributed by atoms with Gasteiger partial charge in [0.2, 0.25) is 0 Å². The van der Waals surface area contributed by atoms with E-state index in [-0.39, 0.29) is 5.78 Å². The number of furan rings is 1. The summed E-state index contributed by atoms with van der Waals surface area (Å²) in [6.07, 6.45) is 5.36. The summed E-state index contributed by atoms with van der Waals surface area (Å²) in [6.45, 7) is 2.12. The van der Waals surface area contributed by atoms with Gasteiger partial charge in [0, 0.05) is 6.42 Å². The Balaban J connectivity index is 2.45. The van der Waals surface area contributed by atoms with Crippen molar-refractivity contribution in [1.29, 1.82) is 0 Å². The first-order valence-electron chi connectivity index (χ1n) is 4.52. The van der Waals surface area contributed by atoms with Gasteiger partial charge in [-0.1, -0.05) is 19.8 Å². The highest BCUT2D eigenvalue weighted by molar-refractivity contribution is 9.10. The maximum atomic E-state index is 11.5. The lowest BCUT2D eigenvalue weighted by atomic mass is 10.1. The molecule has 0 saturated carbocycles. The molecule has 1 rings (SSSR count). The second-order valence-corrected chi connectivity index (χ2v) is 3.71. The van der Waals surface area contributed by atoms with Crippen LogP contribution in [0.3, 0.4) is 0 Å². The summed E-state index contributed by atoms with van der Waals surface area (Å²) in [7, 11) is 0. The molecule has 0 N–H and O–H groups in total. The molecule has 2 nitrogen and oxygen atoms in total. The van der Waals surface area contributed by atoms with Crippen molar-refractivity contribution in [3.05, 3.63) is 22.6 Å². The topological polar surface area (TPSA) is 30.2 Å². The van der Waals surface area contributed by atoms with E-state index in [1.807, 2.05) is 0 Å². The molecule has 1 heterocycles. The minimum absolute atomic E-state index is 0.161. The highest BCUT2D eigenvalue weighted by Gasteiger charge is 2.11. The maximum Gasteiger partial charge on any atom is 0.179 e. The number of hydrogen-bond acceptors (Lipinski definition) is 2. The van der Waals surface area contributed by atoms with Gasteiger partial charge in [-0.15, -0.1) is 0 Å². The molecule has 3 heteroatoms. The van der Waals surface area contributed by atoms with Crippen molar-refractivity contribution in [3.8, 4) is 0 Å². The van der Waals surface area contributed by atoms with Gasteiger partial charge in [0.15, 0.2) is 10.5 Å². The highest BCUT2D eigenvalue weighted by atomic mass is 79.9. The SMILES string of the molecule is CCCCCC(=O)c1ccoc1Br. The van der Waals surface area contributed by atoms with Crippen LogP contribution in [0, 0.1) is 0 Å². The van der Waals surface area contributed by atoms with E-state index in [4.69, 9.17) is 4.42 Å². The predicted molar refractivity (Wildman–Crippen MR) is 54.9 cm³/mol. The van der Waals surface area contributed by atoms with Crippen LogP contribution in [-0.2, 0) is 0 Å². The lowest BCUT2D eigenvalue weighted by Gasteiger charge is -1.96. The molecule has 1 aromatic rings. The summed E-state index contributed by atoms with van der Waals surface area (Å²) in [4.78, 5) is 11.5. The van der Waals surface area contributed by atoms with E-state index in [0.717, 1.165) is 19.3 Å². The minimum Gasteiger partial charge on any atom is -0.457 e. The largest absolute Gasteiger partial charge is 0.457 e. The molecule has 13 heavy (non-hydrogen) atoms. The van der Waals surface area contributed by atoms with E-state index in [0.29, 0.717) is 16.7 Å². The second-order valence-electron chi connectivity index (χ2n) is 2.99. The number of hydrogen-bond donors (Lipinski definition) is 0. The summed E-state index contributed by atoms with van der Waals surface area (Å²) >= 11 is 3.19. The summed E-state index contributed by atoms with van der Waals surface area (Å²) < 4.78 is 5.54. The molecule has 0 aliphatic heterocycles. The third-order valence-corrected chi connectivity index (χ3v) is 2.54. The third kappa shape index (κ3) is 2.99. The second kappa shape index (κ2) is 5.22. The van der Waals surface area contributed by atoms with Gasteiger partial charge < -0.3 is 4.42 Å². The Hall–Kier alpha value is -0.570. The fourth-order valence-corrected chi connectivity index (χ4v) is 1.62. The fourth-order valence-electron chi connectivity index (χ4n) is 1.16. The molecule has 0 aliphatic carbocycles. The Morgan fingerprint density at radius 1 is 1.54 bits per heavy atom. The zero-order valence-electron chi connectivity index (χ0n) is 7.68. The summed E-state index contributed by atoms with van der Waals surface area (Å²) in [5.74, 6) is 0.161. The van der Waals surface area contributed by atoms with Crippen LogP contribution in [0.2, 0.25) is 0 Å². The number of ketones is 1. The fraction of sp³-hybridized carbons (Fsp3) is 0.500. The molecule has 0 spiro atoms. The molecule has 1 aromatic heterocycles. The zero-order chi connectivity index (χ0) is 9.68. The van der Waals surface area contributed by atoms with Gasteiger partial charge in [-0.2, -0.15) is 0 Å². The van der Waals surface area contributed by atoms with Gasteiger partial charge in [-0.05, 0) is 28.4 Å². The molecule has 0 radical (unpaired) electrons. The highest BCUT2D eigenvalue weighted by Crippen LogP contribution is 2.19. The molecule has 72 valence electrons. The van der Waals surface area contributed by atoms with E-state index < -0.39 is 0 Å². The first kappa shape index (κ1) is 10.5. The van der Waals surface area contributed by atoms with Crippen LogP contribution in [0.15, 0.2) is 21.4 Å². The van der Waals surface area contributed by atoms with E-state index in [1.165, 1.54) is 6.26 Å². The van der Waals surface area contributed by atoms with Crippen molar-refractivity contribution in [1.82, 2.24) is 0 Å². The van der Waals surface area contributed by atoms with Crippen LogP contribution in [0.4, 0.5) is 0 Å². The van der Waals surface area contributed by atoms with Crippen LogP contribution in [0.25, 0.3) is 0 Å². The smallest absolute Gasteiger partial charge is 0.179 e. The van der Waals surface area contributed by atoms with E-state index in [2.05, 4.69) is 22.9 Å². The van der Waals surface area contributed by atoms with Crippen molar-refractivity contribution < 1.29 is 9.21 Å². The van der Waals surface area contributed by atoms with E-state index >= 15 is 0 Å². The van der Waals surface area contributed by atoms with Crippen LogP contribution >= 0.6 is 15.9 Å². The Bertz CT molecular complexity index is 278. The van der Waals surface area contributed by atoms with Crippen molar-refractivity contribution in [2.75, 3.05) is 0 Å². The monoisotopic (exact) mass is 244 g/mol. The van der Waals surface area contributed by atoms with Gasteiger partial charge in [0.05, 0.1) is 11.8 Å². The Kier molecular flexibility index (Phi) is 4.22. The maximum absolute atomic E-state index is 11.5. The first-order chi connectivity index (χ1) is 6.25. The van der Waals surface area contributed by atoms with Crippen molar-refractivity contribution in [2.24, 2.45) is 0 Å². The molecule has 0 amide bonds. The van der Waals surface area contributed by atoms with Gasteiger partial charge in [0.25, 0.3) is 0 Å². The van der Waals surface area contributed by atoms with Crippen molar-refractivity contribution in [2.45, 2.75) is 32.6 Å². The Labute approximate surface area is 86.4 Å². The number of unbranched alkanes of at least 4 members (excludes halogenated alkanes) is 2. The molecular formula is C10H13BrO2. The average Bonchev–Trinajstić information content (AvgIpc) is 2.52. The van der Waals surface area contributed by atoms with E-state index in [1.54, 1.807) is 6.07 Å². The molecule has 0 fully saturated rings. The van der Waals surface area contributed by atoms with Gasteiger partial charge in [-0.25, -0.2) is 0 Å². The minimum atomic E-state index is 0.161. The van der Waals surface area contributed by atoms with Crippen molar-refractivity contribution >= 4 is 21.7 Å². The first-order valence-corrected chi connectivity index (χ1v) is 5.31. The average molecular weight is 245 g/mol. The van der Waals surface area contributed by atoms with Crippen LogP contribution in [0.1, 0.15) is 43.0 Å². The third-order valence-electron chi connectivity index (χ3n) is 1.93. The molecule has 0 aliphatic rings. The number of Topliss-reactive ketones (excluding diaryl/α,β-unsaturated/α-hetero) is 1. The van der Waals surface area contributed by atoms with Crippen LogP contribution < -0.4 is 0 Å². The molecule has 0 saturated heterocycles. The van der Waals surface area contributed by atoms with Gasteiger partial charge >= 0.3 is 0 Å². The quantitative estimate of drug-likeness (QED) is 0.583. The Morgan fingerprint density at radius 2 is 2.31 bits per heavy atom. The summed E-state index contributed by atoms with van der Waals surface area (Å²) in [6, 6.07) is 1.71. The van der Waals surface area contributed by atoms with Crippen LogP contribution in [0.5, 0.6) is 0 Å². The molecule has 0 unspecified atom stereocenters. The van der Waals surface area contributed by atoms with Gasteiger partial charge in [-0.3, -0.25) is 4.79 Å². The Morgan fingerprint density at radius 3 is 2.85 bits per heavy atom. The normalized spacial score (nSPS) is 10.3. The van der Waals surface area contributed by atoms with Gasteiger partial charge in [0.1, 0.15) is 0 Å². The standard InChI is InChI=1S/C10H13BrO2/c1-2-3-4-5-9(12)8-6-7-13-10(8)11/h6-7H,2-5H2,1H3. The van der Waals surface area contributed by atoms with Crippen molar-refractivity contribution in [3.63, 3.8) is 0 Å².